The first kappa shape index (κ1) is 18.6. The van der Waals surface area contributed by atoms with Crippen molar-refractivity contribution in [1.29, 1.82) is 0 Å². The minimum absolute atomic E-state index is 0.489. The van der Waals surface area contributed by atoms with Gasteiger partial charge in [0.1, 0.15) is 29.3 Å². The summed E-state index contributed by atoms with van der Waals surface area (Å²) in [5.41, 5.74) is 6.38. The van der Waals surface area contributed by atoms with Crippen LogP contribution < -0.4 is 21.0 Å². The molecule has 3 aromatic carbocycles. The number of benzene rings is 3. The van der Waals surface area contributed by atoms with Crippen LogP contribution >= 0.6 is 0 Å². The highest BCUT2D eigenvalue weighted by Gasteiger charge is 2.13. The van der Waals surface area contributed by atoms with Gasteiger partial charge in [-0.2, -0.15) is 0 Å². The third-order valence-electron chi connectivity index (χ3n) is 5.41. The number of rotatable bonds is 6. The van der Waals surface area contributed by atoms with Crippen molar-refractivity contribution in [2.75, 3.05) is 19.0 Å². The number of fused-ring (bicyclic) bond motifs is 3. The van der Waals surface area contributed by atoms with Crippen LogP contribution in [0.15, 0.2) is 60.7 Å². The van der Waals surface area contributed by atoms with E-state index in [0.717, 1.165) is 24.5 Å². The van der Waals surface area contributed by atoms with Gasteiger partial charge < -0.3 is 14.6 Å². The molecule has 0 aliphatic heterocycles. The molecule has 138 valence electrons. The van der Waals surface area contributed by atoms with Gasteiger partial charge in [-0.3, -0.25) is 0 Å². The molecule has 0 amide bonds. The Morgan fingerprint density at radius 2 is 1.46 bits per heavy atom. The number of ether oxygens (including phenoxy) is 1. The highest BCUT2D eigenvalue weighted by Crippen LogP contribution is 2.29. The smallest absolute Gasteiger partial charge is 0.139 e. The summed E-state index contributed by atoms with van der Waals surface area (Å²) >= 11 is 0. The molecule has 3 nitrogen and oxygen atoms in total. The first-order valence-electron chi connectivity index (χ1n) is 9.92. The van der Waals surface area contributed by atoms with Gasteiger partial charge in [0.15, 0.2) is 0 Å². The van der Waals surface area contributed by atoms with Gasteiger partial charge in [0.05, 0.1) is 7.11 Å². The van der Waals surface area contributed by atoms with E-state index in [1.807, 2.05) is 12.1 Å². The van der Waals surface area contributed by atoms with Crippen molar-refractivity contribution in [1.82, 2.24) is 4.57 Å². The van der Waals surface area contributed by atoms with E-state index < -0.39 is 0 Å². The van der Waals surface area contributed by atoms with Crippen LogP contribution in [0.1, 0.15) is 0 Å². The summed E-state index contributed by atoms with van der Waals surface area (Å²) in [5, 5.41) is 6.26. The number of methoxy groups -OCH3 is 1. The van der Waals surface area contributed by atoms with Crippen LogP contribution in [0.5, 0.6) is 5.75 Å². The quantitative estimate of drug-likeness (QED) is 0.513. The Labute approximate surface area is 169 Å². The summed E-state index contributed by atoms with van der Waals surface area (Å²) in [5.74, 6) is 1.37. The van der Waals surface area contributed by atoms with Crippen LogP contribution in [0.3, 0.4) is 0 Å². The normalized spacial score (nSPS) is 12.3. The SMILES string of the molecule is Bc1ccc2c(c1)c1cc(B)ccc1n2CC(B)CNc1ccc(OC)cc1. The molecule has 4 rings (SSSR count). The molecule has 28 heavy (non-hydrogen) atoms. The van der Waals surface area contributed by atoms with E-state index in [2.05, 4.69) is 82.0 Å². The summed E-state index contributed by atoms with van der Waals surface area (Å²) in [6.07, 6.45) is 0. The van der Waals surface area contributed by atoms with Crippen molar-refractivity contribution >= 4 is 62.0 Å². The van der Waals surface area contributed by atoms with Crippen LogP contribution in [0.4, 0.5) is 5.69 Å². The molecule has 0 bridgehead atoms. The summed E-state index contributed by atoms with van der Waals surface area (Å²) in [6, 6.07) is 21.7. The van der Waals surface area contributed by atoms with Crippen LogP contribution in [0, 0.1) is 0 Å². The molecule has 1 unspecified atom stereocenters. The molecule has 0 spiro atoms. The largest absolute Gasteiger partial charge is 0.497 e. The number of nitrogens with zero attached hydrogens (tertiary/aromatic N) is 1. The second-order valence-corrected chi connectivity index (χ2v) is 7.87. The van der Waals surface area contributed by atoms with Gasteiger partial charge in [0.25, 0.3) is 0 Å². The fourth-order valence-electron chi connectivity index (χ4n) is 3.91. The highest BCUT2D eigenvalue weighted by atomic mass is 16.5. The Morgan fingerprint density at radius 3 is 2.00 bits per heavy atom. The molecule has 0 aliphatic carbocycles. The minimum Gasteiger partial charge on any atom is -0.497 e. The first-order chi connectivity index (χ1) is 13.5. The lowest BCUT2D eigenvalue weighted by Crippen LogP contribution is -2.15. The molecule has 0 fully saturated rings. The van der Waals surface area contributed by atoms with Crippen molar-refractivity contribution in [3.8, 4) is 5.75 Å². The third kappa shape index (κ3) is 3.64. The number of aromatic nitrogens is 1. The first-order valence-corrected chi connectivity index (χ1v) is 9.92. The Morgan fingerprint density at radius 1 is 0.893 bits per heavy atom. The Bertz CT molecular complexity index is 1060. The predicted octanol–water partition coefficient (Wildman–Crippen LogP) is 0.854. The van der Waals surface area contributed by atoms with E-state index in [1.54, 1.807) is 7.11 Å². The second kappa shape index (κ2) is 7.71. The molecule has 1 atom stereocenters. The third-order valence-corrected chi connectivity index (χ3v) is 5.41. The zero-order chi connectivity index (χ0) is 19.7. The van der Waals surface area contributed by atoms with Crippen LogP contribution in [-0.2, 0) is 6.54 Å². The lowest BCUT2D eigenvalue weighted by atomic mass is 9.87. The molecule has 1 aromatic heterocycles. The van der Waals surface area contributed by atoms with Crippen molar-refractivity contribution in [3.63, 3.8) is 0 Å². The van der Waals surface area contributed by atoms with Crippen molar-refractivity contribution in [2.24, 2.45) is 0 Å². The maximum atomic E-state index is 5.23. The lowest BCUT2D eigenvalue weighted by Gasteiger charge is -2.17. The van der Waals surface area contributed by atoms with Crippen LogP contribution in [0.2, 0.25) is 5.82 Å². The van der Waals surface area contributed by atoms with E-state index in [1.165, 1.54) is 32.7 Å². The van der Waals surface area contributed by atoms with E-state index in [-0.39, 0.29) is 0 Å². The molecule has 0 radical (unpaired) electrons. The van der Waals surface area contributed by atoms with Gasteiger partial charge in [-0.25, -0.2) is 0 Å². The standard InChI is InChI=1S/C22H25B3N2O/c1-28-18-6-4-17(5-7-18)26-12-16(25)13-27-21-8-2-14(23)10-19(21)20-11-15(24)3-9-22(20)27/h2-11,16,26H,12-13,23-25H2,1H3. The molecule has 1 heterocycles. The zero-order valence-electron chi connectivity index (χ0n) is 17.1. The summed E-state index contributed by atoms with van der Waals surface area (Å²) in [4.78, 5) is 0. The molecule has 0 aliphatic rings. The average Bonchev–Trinajstić information content (AvgIpc) is 2.99. The van der Waals surface area contributed by atoms with Gasteiger partial charge in [0, 0.05) is 40.6 Å². The average molecular weight is 366 g/mol. The predicted molar refractivity (Wildman–Crippen MR) is 130 cm³/mol. The highest BCUT2D eigenvalue weighted by molar-refractivity contribution is 6.35. The second-order valence-electron chi connectivity index (χ2n) is 7.87. The van der Waals surface area contributed by atoms with E-state index in [0.29, 0.717) is 5.82 Å². The van der Waals surface area contributed by atoms with Crippen molar-refractivity contribution in [2.45, 2.75) is 12.4 Å². The van der Waals surface area contributed by atoms with Gasteiger partial charge in [-0.15, -0.1) is 0 Å². The molecule has 0 saturated carbocycles. The Balaban J connectivity index is 1.59. The number of anilines is 1. The maximum Gasteiger partial charge on any atom is 0.139 e. The Hall–Kier alpha value is -2.75. The Kier molecular flexibility index (Phi) is 5.12. The van der Waals surface area contributed by atoms with Gasteiger partial charge in [-0.05, 0) is 42.2 Å². The van der Waals surface area contributed by atoms with Crippen molar-refractivity contribution in [3.05, 3.63) is 60.7 Å². The van der Waals surface area contributed by atoms with Crippen LogP contribution in [0.25, 0.3) is 21.8 Å². The van der Waals surface area contributed by atoms with Gasteiger partial charge in [0.2, 0.25) is 0 Å². The summed E-state index contributed by atoms with van der Waals surface area (Å²) < 4.78 is 7.71. The molecule has 4 aromatic rings. The zero-order valence-corrected chi connectivity index (χ0v) is 17.1. The molecular formula is C22H25B3N2O. The van der Waals surface area contributed by atoms with E-state index >= 15 is 0 Å². The summed E-state index contributed by atoms with van der Waals surface area (Å²) in [7, 11) is 8.33. The molecule has 0 saturated heterocycles. The van der Waals surface area contributed by atoms with E-state index in [4.69, 9.17) is 4.74 Å². The van der Waals surface area contributed by atoms with Crippen LogP contribution in [-0.4, -0.2) is 41.8 Å². The maximum absolute atomic E-state index is 5.23. The van der Waals surface area contributed by atoms with Gasteiger partial charge in [-0.1, -0.05) is 35.2 Å². The monoisotopic (exact) mass is 366 g/mol. The molecular weight excluding hydrogens is 341 g/mol. The van der Waals surface area contributed by atoms with Crippen molar-refractivity contribution < 1.29 is 4.74 Å². The number of hydrogen-bond donors (Lipinski definition) is 1. The fraction of sp³-hybridized carbons (Fsp3) is 0.182. The summed E-state index contributed by atoms with van der Waals surface area (Å²) in [6.45, 7) is 1.90. The topological polar surface area (TPSA) is 26.2 Å². The lowest BCUT2D eigenvalue weighted by molar-refractivity contribution is 0.415. The minimum atomic E-state index is 0.489. The number of hydrogen-bond acceptors (Lipinski definition) is 2. The molecule has 6 heteroatoms. The molecule has 1 N–H and O–H groups in total. The van der Waals surface area contributed by atoms with E-state index in [9.17, 15) is 0 Å². The fourth-order valence-corrected chi connectivity index (χ4v) is 3.91. The van der Waals surface area contributed by atoms with Gasteiger partial charge >= 0.3 is 0 Å². The number of nitrogens with one attached hydrogen (secondary N) is 1.